The highest BCUT2D eigenvalue weighted by Crippen LogP contribution is 2.23. The molecular formula is C18H18ClN3O2. The van der Waals surface area contributed by atoms with Crippen LogP contribution in [-0.4, -0.2) is 23.0 Å². The lowest BCUT2D eigenvalue weighted by Gasteiger charge is -2.13. The summed E-state index contributed by atoms with van der Waals surface area (Å²) in [6, 6.07) is 12.8. The zero-order valence-electron chi connectivity index (χ0n) is 13.5. The van der Waals surface area contributed by atoms with E-state index in [1.165, 1.54) is 0 Å². The average molecular weight is 344 g/mol. The predicted octanol–water partition coefficient (Wildman–Crippen LogP) is 3.64. The van der Waals surface area contributed by atoms with Crippen LogP contribution in [0.25, 0.3) is 11.0 Å². The van der Waals surface area contributed by atoms with Crippen LogP contribution in [0.3, 0.4) is 0 Å². The summed E-state index contributed by atoms with van der Waals surface area (Å²) < 4.78 is 5.27. The van der Waals surface area contributed by atoms with Crippen LogP contribution in [0.4, 0.5) is 0 Å². The van der Waals surface area contributed by atoms with Gasteiger partial charge in [0.1, 0.15) is 11.6 Å². The first kappa shape index (κ1) is 16.3. The largest absolute Gasteiger partial charge is 0.496 e. The molecule has 0 bridgehead atoms. The Labute approximate surface area is 145 Å². The van der Waals surface area contributed by atoms with Crippen LogP contribution in [0.15, 0.2) is 42.5 Å². The highest BCUT2D eigenvalue weighted by molar-refractivity contribution is 6.30. The summed E-state index contributed by atoms with van der Waals surface area (Å²) in [5.41, 5.74) is 2.58. The van der Waals surface area contributed by atoms with Crippen molar-refractivity contribution >= 4 is 28.5 Å². The van der Waals surface area contributed by atoms with Crippen molar-refractivity contribution in [3.8, 4) is 5.75 Å². The van der Waals surface area contributed by atoms with E-state index in [0.717, 1.165) is 22.4 Å². The molecule has 0 radical (unpaired) electrons. The minimum atomic E-state index is -0.227. The number of aromatic nitrogens is 2. The first-order chi connectivity index (χ1) is 11.6. The van der Waals surface area contributed by atoms with E-state index in [1.54, 1.807) is 25.3 Å². The Kier molecular flexibility index (Phi) is 4.71. The number of H-pyrrole nitrogens is 1. The molecule has 0 saturated heterocycles. The summed E-state index contributed by atoms with van der Waals surface area (Å²) in [6.07, 6.45) is 0.189. The smallest absolute Gasteiger partial charge is 0.225 e. The van der Waals surface area contributed by atoms with Crippen molar-refractivity contribution in [2.75, 3.05) is 7.11 Å². The van der Waals surface area contributed by atoms with Gasteiger partial charge >= 0.3 is 0 Å². The number of imidazole rings is 1. The van der Waals surface area contributed by atoms with Crippen molar-refractivity contribution < 1.29 is 9.53 Å². The van der Waals surface area contributed by atoms with Gasteiger partial charge in [-0.2, -0.15) is 0 Å². The van der Waals surface area contributed by atoms with Gasteiger partial charge in [0.05, 0.1) is 30.6 Å². The molecular weight excluding hydrogens is 326 g/mol. The molecule has 0 unspecified atom stereocenters. The van der Waals surface area contributed by atoms with Gasteiger partial charge in [0.15, 0.2) is 0 Å². The molecule has 1 aromatic heterocycles. The number of benzene rings is 2. The minimum absolute atomic E-state index is 0.122. The SMILES string of the molecule is COc1ccc(Cl)cc1CC(=O)N[C@@H](C)c1nc2ccccc2[nH]1. The molecule has 2 N–H and O–H groups in total. The number of carbonyl (C=O) groups excluding carboxylic acids is 1. The molecule has 1 amide bonds. The zero-order chi connectivity index (χ0) is 17.1. The summed E-state index contributed by atoms with van der Waals surface area (Å²) in [5.74, 6) is 1.25. The van der Waals surface area contributed by atoms with Gasteiger partial charge in [-0.1, -0.05) is 23.7 Å². The second kappa shape index (κ2) is 6.93. The number of nitrogens with zero attached hydrogens (tertiary/aromatic N) is 1. The van der Waals surface area contributed by atoms with Gasteiger partial charge in [-0.15, -0.1) is 0 Å². The molecule has 3 rings (SSSR count). The summed E-state index contributed by atoms with van der Waals surface area (Å²) >= 11 is 6.00. The van der Waals surface area contributed by atoms with Crippen molar-refractivity contribution in [2.24, 2.45) is 0 Å². The monoisotopic (exact) mass is 343 g/mol. The number of amides is 1. The van der Waals surface area contributed by atoms with E-state index < -0.39 is 0 Å². The van der Waals surface area contributed by atoms with Crippen LogP contribution in [0.5, 0.6) is 5.75 Å². The lowest BCUT2D eigenvalue weighted by atomic mass is 10.1. The Balaban J connectivity index is 1.71. The molecule has 3 aromatic rings. The van der Waals surface area contributed by atoms with E-state index in [4.69, 9.17) is 16.3 Å². The third-order valence-corrected chi connectivity index (χ3v) is 4.02. The van der Waals surface area contributed by atoms with E-state index in [0.29, 0.717) is 10.8 Å². The van der Waals surface area contributed by atoms with E-state index in [1.807, 2.05) is 31.2 Å². The van der Waals surface area contributed by atoms with Gasteiger partial charge in [-0.3, -0.25) is 4.79 Å². The van der Waals surface area contributed by atoms with Crippen LogP contribution in [0, 0.1) is 0 Å². The fourth-order valence-electron chi connectivity index (χ4n) is 2.60. The van der Waals surface area contributed by atoms with Gasteiger partial charge in [-0.05, 0) is 37.3 Å². The Morgan fingerprint density at radius 3 is 2.88 bits per heavy atom. The maximum atomic E-state index is 12.3. The van der Waals surface area contributed by atoms with Gasteiger partial charge in [0, 0.05) is 10.6 Å². The molecule has 1 heterocycles. The molecule has 6 heteroatoms. The van der Waals surface area contributed by atoms with E-state index >= 15 is 0 Å². The van der Waals surface area contributed by atoms with Crippen molar-refractivity contribution in [3.63, 3.8) is 0 Å². The summed E-state index contributed by atoms with van der Waals surface area (Å²) in [6.45, 7) is 1.89. The van der Waals surface area contributed by atoms with Gasteiger partial charge in [-0.25, -0.2) is 4.98 Å². The van der Waals surface area contributed by atoms with Crippen LogP contribution >= 0.6 is 11.6 Å². The number of para-hydroxylation sites is 2. The van der Waals surface area contributed by atoms with Crippen molar-refractivity contribution in [3.05, 3.63) is 58.9 Å². The molecule has 0 spiro atoms. The second-order valence-electron chi connectivity index (χ2n) is 5.56. The lowest BCUT2D eigenvalue weighted by Crippen LogP contribution is -2.28. The Hall–Kier alpha value is -2.53. The number of hydrogen-bond acceptors (Lipinski definition) is 3. The molecule has 1 atom stereocenters. The fourth-order valence-corrected chi connectivity index (χ4v) is 2.79. The number of ether oxygens (including phenoxy) is 1. The van der Waals surface area contributed by atoms with Gasteiger partial charge in [0.25, 0.3) is 0 Å². The first-order valence-electron chi connectivity index (χ1n) is 7.63. The molecule has 0 aliphatic heterocycles. The third kappa shape index (κ3) is 3.51. The standard InChI is InChI=1S/C18H18ClN3O2/c1-11(18-21-14-5-3-4-6-15(14)22-18)20-17(23)10-12-9-13(19)7-8-16(12)24-2/h3-9,11H,10H2,1-2H3,(H,20,23)(H,21,22)/t11-/m0/s1. The molecule has 5 nitrogen and oxygen atoms in total. The molecule has 124 valence electrons. The molecule has 24 heavy (non-hydrogen) atoms. The molecule has 2 aromatic carbocycles. The predicted molar refractivity (Wildman–Crippen MR) is 94.4 cm³/mol. The summed E-state index contributed by atoms with van der Waals surface area (Å²) in [4.78, 5) is 20.1. The number of halogens is 1. The Bertz CT molecular complexity index is 843. The molecule has 0 aliphatic rings. The Morgan fingerprint density at radius 2 is 2.12 bits per heavy atom. The number of fused-ring (bicyclic) bond motifs is 1. The van der Waals surface area contributed by atoms with Gasteiger partial charge < -0.3 is 15.0 Å². The quantitative estimate of drug-likeness (QED) is 0.743. The molecule has 0 aliphatic carbocycles. The Morgan fingerprint density at radius 1 is 1.33 bits per heavy atom. The number of aromatic amines is 1. The molecule has 0 fully saturated rings. The van der Waals surface area contributed by atoms with Crippen molar-refractivity contribution in [1.29, 1.82) is 0 Å². The van der Waals surface area contributed by atoms with E-state index in [-0.39, 0.29) is 18.4 Å². The lowest BCUT2D eigenvalue weighted by molar-refractivity contribution is -0.121. The van der Waals surface area contributed by atoms with Crippen LogP contribution < -0.4 is 10.1 Å². The normalized spacial score (nSPS) is 12.1. The highest BCUT2D eigenvalue weighted by Gasteiger charge is 2.15. The van der Waals surface area contributed by atoms with E-state index in [2.05, 4.69) is 15.3 Å². The number of rotatable bonds is 5. The third-order valence-electron chi connectivity index (χ3n) is 3.79. The van der Waals surface area contributed by atoms with Crippen molar-refractivity contribution in [1.82, 2.24) is 15.3 Å². The molecule has 0 saturated carbocycles. The number of methoxy groups -OCH3 is 1. The fraction of sp³-hybridized carbons (Fsp3) is 0.222. The summed E-state index contributed by atoms with van der Waals surface area (Å²) in [7, 11) is 1.57. The van der Waals surface area contributed by atoms with Crippen molar-refractivity contribution in [2.45, 2.75) is 19.4 Å². The maximum Gasteiger partial charge on any atom is 0.225 e. The second-order valence-corrected chi connectivity index (χ2v) is 6.00. The number of nitrogens with one attached hydrogen (secondary N) is 2. The topological polar surface area (TPSA) is 67.0 Å². The minimum Gasteiger partial charge on any atom is -0.496 e. The average Bonchev–Trinajstić information content (AvgIpc) is 2.99. The first-order valence-corrected chi connectivity index (χ1v) is 8.01. The highest BCUT2D eigenvalue weighted by atomic mass is 35.5. The summed E-state index contributed by atoms with van der Waals surface area (Å²) in [5, 5.41) is 3.52. The van der Waals surface area contributed by atoms with Crippen LogP contribution in [0.1, 0.15) is 24.4 Å². The van der Waals surface area contributed by atoms with Crippen LogP contribution in [0.2, 0.25) is 5.02 Å². The maximum absolute atomic E-state index is 12.3. The number of hydrogen-bond donors (Lipinski definition) is 2. The van der Waals surface area contributed by atoms with Crippen LogP contribution in [-0.2, 0) is 11.2 Å². The van der Waals surface area contributed by atoms with E-state index in [9.17, 15) is 4.79 Å². The zero-order valence-corrected chi connectivity index (χ0v) is 14.2. The number of carbonyl (C=O) groups is 1. The van der Waals surface area contributed by atoms with Gasteiger partial charge in [0.2, 0.25) is 5.91 Å².